The van der Waals surface area contributed by atoms with Crippen LogP contribution < -0.4 is 4.52 Å². The zero-order valence-corrected chi connectivity index (χ0v) is 13.0. The maximum Gasteiger partial charge on any atom is 0.391 e. The zero-order valence-electron chi connectivity index (χ0n) is 12.1. The fourth-order valence-electron chi connectivity index (χ4n) is 2.48. The number of aryl methyl sites for hydroxylation is 1. The molecule has 0 aromatic heterocycles. The van der Waals surface area contributed by atoms with E-state index in [-0.39, 0.29) is 0 Å². The van der Waals surface area contributed by atoms with Gasteiger partial charge in [0, 0.05) is 0 Å². The molecule has 0 aliphatic carbocycles. The summed E-state index contributed by atoms with van der Waals surface area (Å²) in [6, 6.07) is 3.96. The van der Waals surface area contributed by atoms with Crippen LogP contribution in [0.25, 0.3) is 0 Å². The summed E-state index contributed by atoms with van der Waals surface area (Å²) in [6.45, 7) is 6.48. The second kappa shape index (κ2) is 8.52. The first kappa shape index (κ1) is 16.4. The standard InChI is InChI=1S/C15H25O3P/c1-4-7-12-10-11-15(18-19(16)17)14(9-6-3)13(12)8-5-2/h10-11,16-17H,4-9H2,1-3H3. The van der Waals surface area contributed by atoms with Crippen LogP contribution in [0.15, 0.2) is 12.1 Å². The van der Waals surface area contributed by atoms with Crippen molar-refractivity contribution in [3.63, 3.8) is 0 Å². The van der Waals surface area contributed by atoms with E-state index in [2.05, 4.69) is 26.8 Å². The molecule has 0 bridgehead atoms. The van der Waals surface area contributed by atoms with Gasteiger partial charge in [-0.25, -0.2) is 0 Å². The van der Waals surface area contributed by atoms with Gasteiger partial charge in [-0.1, -0.05) is 46.1 Å². The second-order valence-electron chi connectivity index (χ2n) is 4.77. The number of hydrogen-bond donors (Lipinski definition) is 2. The van der Waals surface area contributed by atoms with Crippen molar-refractivity contribution in [3.8, 4) is 5.75 Å². The van der Waals surface area contributed by atoms with Gasteiger partial charge >= 0.3 is 8.60 Å². The van der Waals surface area contributed by atoms with Gasteiger partial charge in [-0.05, 0) is 42.0 Å². The minimum absolute atomic E-state index is 0.640. The second-order valence-corrected chi connectivity index (χ2v) is 5.46. The predicted octanol–water partition coefficient (Wildman–Crippen LogP) is 4.13. The van der Waals surface area contributed by atoms with Gasteiger partial charge in [-0.3, -0.25) is 0 Å². The summed E-state index contributed by atoms with van der Waals surface area (Å²) in [4.78, 5) is 18.2. The number of hydrogen-bond acceptors (Lipinski definition) is 3. The summed E-state index contributed by atoms with van der Waals surface area (Å²) in [5.41, 5.74) is 3.88. The molecule has 0 atom stereocenters. The maximum absolute atomic E-state index is 9.09. The van der Waals surface area contributed by atoms with Gasteiger partial charge in [0.25, 0.3) is 0 Å². The molecule has 0 saturated carbocycles. The van der Waals surface area contributed by atoms with Crippen LogP contribution in [-0.4, -0.2) is 9.79 Å². The summed E-state index contributed by atoms with van der Waals surface area (Å²) in [5, 5.41) is 0. The molecule has 0 fully saturated rings. The van der Waals surface area contributed by atoms with Crippen LogP contribution in [0, 0.1) is 0 Å². The van der Waals surface area contributed by atoms with Gasteiger partial charge in [0.2, 0.25) is 0 Å². The van der Waals surface area contributed by atoms with Crippen LogP contribution in [0.2, 0.25) is 0 Å². The van der Waals surface area contributed by atoms with E-state index in [4.69, 9.17) is 14.3 Å². The van der Waals surface area contributed by atoms with Crippen molar-refractivity contribution in [2.45, 2.75) is 59.3 Å². The van der Waals surface area contributed by atoms with Crippen LogP contribution >= 0.6 is 8.60 Å². The molecule has 0 aliphatic heterocycles. The molecule has 2 N–H and O–H groups in total. The smallest absolute Gasteiger partial charge is 0.391 e. The molecule has 0 saturated heterocycles. The lowest BCUT2D eigenvalue weighted by Gasteiger charge is -2.18. The van der Waals surface area contributed by atoms with Crippen molar-refractivity contribution in [1.82, 2.24) is 0 Å². The van der Waals surface area contributed by atoms with Gasteiger partial charge in [-0.2, -0.15) is 0 Å². The molecule has 108 valence electrons. The van der Waals surface area contributed by atoms with Gasteiger partial charge in [-0.15, -0.1) is 0 Å². The summed E-state index contributed by atoms with van der Waals surface area (Å²) < 4.78 is 5.19. The first-order chi connectivity index (χ1) is 9.13. The summed E-state index contributed by atoms with van der Waals surface area (Å²) in [7, 11) is -2.34. The Bertz CT molecular complexity index is 391. The lowest BCUT2D eigenvalue weighted by Crippen LogP contribution is -2.03. The van der Waals surface area contributed by atoms with Crippen molar-refractivity contribution in [2.75, 3.05) is 0 Å². The molecular weight excluding hydrogens is 259 g/mol. The fraction of sp³-hybridized carbons (Fsp3) is 0.600. The van der Waals surface area contributed by atoms with Crippen molar-refractivity contribution in [2.24, 2.45) is 0 Å². The minimum Gasteiger partial charge on any atom is -0.427 e. The summed E-state index contributed by atoms with van der Waals surface area (Å²) in [5.74, 6) is 0.640. The monoisotopic (exact) mass is 284 g/mol. The van der Waals surface area contributed by atoms with E-state index in [1.54, 1.807) is 0 Å². The number of benzene rings is 1. The third-order valence-electron chi connectivity index (χ3n) is 3.18. The number of rotatable bonds is 8. The Balaban J connectivity index is 3.21. The van der Waals surface area contributed by atoms with E-state index in [1.165, 1.54) is 11.1 Å². The molecule has 0 unspecified atom stereocenters. The highest BCUT2D eigenvalue weighted by Crippen LogP contribution is 2.36. The predicted molar refractivity (Wildman–Crippen MR) is 80.4 cm³/mol. The topological polar surface area (TPSA) is 49.7 Å². The Morgan fingerprint density at radius 1 is 0.895 bits per heavy atom. The van der Waals surface area contributed by atoms with Gasteiger partial charge in [0.15, 0.2) is 0 Å². The Morgan fingerprint density at radius 2 is 1.47 bits per heavy atom. The summed E-state index contributed by atoms with van der Waals surface area (Å²) in [6.07, 6.45) is 6.25. The SMILES string of the molecule is CCCc1ccc(OP(O)O)c(CCC)c1CCC. The fourth-order valence-corrected chi connectivity index (χ4v) is 2.83. The van der Waals surface area contributed by atoms with Crippen molar-refractivity contribution < 1.29 is 14.3 Å². The average Bonchev–Trinajstić information content (AvgIpc) is 2.36. The Kier molecular flexibility index (Phi) is 7.37. The molecule has 0 spiro atoms. The van der Waals surface area contributed by atoms with E-state index >= 15 is 0 Å². The van der Waals surface area contributed by atoms with Gasteiger partial charge in [0.1, 0.15) is 5.75 Å². The highest BCUT2D eigenvalue weighted by molar-refractivity contribution is 7.39. The lowest BCUT2D eigenvalue weighted by atomic mass is 9.91. The third kappa shape index (κ3) is 4.76. The molecular formula is C15H25O3P. The molecule has 1 rings (SSSR count). The normalized spacial score (nSPS) is 11.1. The molecule has 4 heteroatoms. The van der Waals surface area contributed by atoms with E-state index in [9.17, 15) is 0 Å². The molecule has 1 aromatic rings. The highest BCUT2D eigenvalue weighted by Gasteiger charge is 2.15. The van der Waals surface area contributed by atoms with Crippen LogP contribution in [-0.2, 0) is 19.3 Å². The minimum atomic E-state index is -2.34. The molecule has 0 amide bonds. The molecule has 1 aromatic carbocycles. The van der Waals surface area contributed by atoms with Crippen LogP contribution in [0.1, 0.15) is 56.7 Å². The van der Waals surface area contributed by atoms with Crippen LogP contribution in [0.3, 0.4) is 0 Å². The van der Waals surface area contributed by atoms with Crippen molar-refractivity contribution in [1.29, 1.82) is 0 Å². The van der Waals surface area contributed by atoms with Crippen molar-refractivity contribution in [3.05, 3.63) is 28.8 Å². The van der Waals surface area contributed by atoms with Gasteiger partial charge in [0.05, 0.1) is 0 Å². The Morgan fingerprint density at radius 3 is 2.00 bits per heavy atom. The van der Waals surface area contributed by atoms with Crippen LogP contribution in [0.4, 0.5) is 0 Å². The van der Waals surface area contributed by atoms with E-state index in [0.29, 0.717) is 5.75 Å². The Hall–Kier alpha value is -0.630. The van der Waals surface area contributed by atoms with Crippen molar-refractivity contribution >= 4 is 8.60 Å². The highest BCUT2D eigenvalue weighted by atomic mass is 31.2. The van der Waals surface area contributed by atoms with Gasteiger partial charge < -0.3 is 14.3 Å². The third-order valence-corrected chi connectivity index (χ3v) is 3.54. The first-order valence-electron chi connectivity index (χ1n) is 7.13. The van der Waals surface area contributed by atoms with E-state index < -0.39 is 8.60 Å². The van der Waals surface area contributed by atoms with E-state index in [1.807, 2.05) is 6.07 Å². The molecule has 0 radical (unpaired) electrons. The van der Waals surface area contributed by atoms with Crippen LogP contribution in [0.5, 0.6) is 5.75 Å². The molecule has 0 aliphatic rings. The Labute approximate surface area is 117 Å². The quantitative estimate of drug-likeness (QED) is 0.705. The molecule has 19 heavy (non-hydrogen) atoms. The summed E-state index contributed by atoms with van der Waals surface area (Å²) >= 11 is 0. The molecule has 3 nitrogen and oxygen atoms in total. The van der Waals surface area contributed by atoms with E-state index in [0.717, 1.165) is 44.1 Å². The zero-order chi connectivity index (χ0) is 14.3. The average molecular weight is 284 g/mol. The first-order valence-corrected chi connectivity index (χ1v) is 8.29. The maximum atomic E-state index is 9.09. The lowest BCUT2D eigenvalue weighted by molar-refractivity contribution is 0.373. The largest absolute Gasteiger partial charge is 0.427 e. The molecule has 0 heterocycles.